The van der Waals surface area contributed by atoms with Crippen molar-refractivity contribution >= 4 is 24.1 Å². The number of hydrogen-bond donors (Lipinski definition) is 1. The summed E-state index contributed by atoms with van der Waals surface area (Å²) in [6.45, 7) is 5.71. The number of nitrogens with one attached hydrogen (secondary N) is 1. The molecule has 2 nitrogen and oxygen atoms in total. The maximum Gasteiger partial charge on any atom is 0.115 e. The third kappa shape index (κ3) is 1.58. The molecule has 2 heterocycles. The number of hydrogen-bond acceptors (Lipinski definition) is 2. The lowest BCUT2D eigenvalue weighted by molar-refractivity contribution is 1.13. The molecule has 1 aliphatic heterocycles. The topological polar surface area (TPSA) is 24.9 Å². The summed E-state index contributed by atoms with van der Waals surface area (Å²) in [6, 6.07) is 10.9. The van der Waals surface area contributed by atoms with Crippen molar-refractivity contribution in [2.45, 2.75) is 19.6 Å². The van der Waals surface area contributed by atoms with E-state index in [-0.39, 0.29) is 0 Å². The molecule has 0 aliphatic carbocycles. The van der Waals surface area contributed by atoms with Gasteiger partial charge in [0.25, 0.3) is 0 Å². The number of aromatic nitrogens is 1. The maximum absolute atomic E-state index is 4.25. The second-order valence-electron chi connectivity index (χ2n) is 5.06. The fourth-order valence-corrected chi connectivity index (χ4v) is 5.79. The number of pyridine rings is 1. The van der Waals surface area contributed by atoms with Crippen LogP contribution in [-0.4, -0.2) is 13.1 Å². The summed E-state index contributed by atoms with van der Waals surface area (Å²) in [4.78, 5) is 4.25. The first-order chi connectivity index (χ1) is 8.19. The van der Waals surface area contributed by atoms with Gasteiger partial charge < -0.3 is 5.32 Å². The van der Waals surface area contributed by atoms with Crippen molar-refractivity contribution in [2.75, 3.05) is 5.32 Å². The van der Waals surface area contributed by atoms with Crippen LogP contribution in [0.2, 0.25) is 13.1 Å². The van der Waals surface area contributed by atoms with Crippen LogP contribution in [0.1, 0.15) is 5.56 Å². The van der Waals surface area contributed by atoms with Gasteiger partial charge in [-0.25, -0.2) is 0 Å². The molecule has 0 bridgehead atoms. The summed E-state index contributed by atoms with van der Waals surface area (Å²) >= 11 is 0. The van der Waals surface area contributed by atoms with Gasteiger partial charge in [-0.2, -0.15) is 0 Å². The minimum Gasteiger partial charge on any atom is -0.381 e. The quantitative estimate of drug-likeness (QED) is 0.711. The Labute approximate surface area is 103 Å². The molecular weight excluding hydrogens is 224 g/mol. The summed E-state index contributed by atoms with van der Waals surface area (Å²) in [6.07, 6.45) is 3.92. The molecule has 86 valence electrons. The standard InChI is InChI=1S/C14H16N2Si/c1-17(2)13-7-8-15-9-11(13)10-16-12-5-3-4-6-14(12)17/h3-9,16H,10H2,1-2H3. The Kier molecular flexibility index (Phi) is 2.29. The predicted molar refractivity (Wildman–Crippen MR) is 74.8 cm³/mol. The van der Waals surface area contributed by atoms with Crippen LogP contribution < -0.4 is 15.7 Å². The molecule has 1 aliphatic rings. The second-order valence-corrected chi connectivity index (χ2v) is 9.38. The van der Waals surface area contributed by atoms with E-state index in [2.05, 4.69) is 53.7 Å². The van der Waals surface area contributed by atoms with Crippen molar-refractivity contribution in [3.8, 4) is 0 Å². The molecule has 1 aromatic carbocycles. The van der Waals surface area contributed by atoms with Crippen molar-refractivity contribution in [2.24, 2.45) is 0 Å². The summed E-state index contributed by atoms with van der Waals surface area (Å²) in [5.41, 5.74) is 2.64. The Bertz CT molecular complexity index is 514. The fraction of sp³-hybridized carbons (Fsp3) is 0.214. The molecule has 3 rings (SSSR count). The van der Waals surface area contributed by atoms with Crippen LogP contribution in [-0.2, 0) is 6.54 Å². The smallest absolute Gasteiger partial charge is 0.115 e. The molecule has 0 spiro atoms. The minimum atomic E-state index is -1.58. The van der Waals surface area contributed by atoms with Crippen LogP contribution in [0.4, 0.5) is 5.69 Å². The minimum absolute atomic E-state index is 0.886. The lowest BCUT2D eigenvalue weighted by Gasteiger charge is -2.24. The molecule has 0 fully saturated rings. The van der Waals surface area contributed by atoms with Gasteiger partial charge in [0.15, 0.2) is 0 Å². The Morgan fingerprint density at radius 2 is 1.94 bits per heavy atom. The van der Waals surface area contributed by atoms with Crippen LogP contribution in [0, 0.1) is 0 Å². The van der Waals surface area contributed by atoms with E-state index in [0.29, 0.717) is 0 Å². The zero-order valence-electron chi connectivity index (χ0n) is 10.2. The number of benzene rings is 1. The van der Waals surface area contributed by atoms with Gasteiger partial charge in [-0.15, -0.1) is 0 Å². The molecule has 1 aromatic heterocycles. The average molecular weight is 240 g/mol. The highest BCUT2D eigenvalue weighted by Crippen LogP contribution is 2.18. The Hall–Kier alpha value is -1.61. The zero-order chi connectivity index (χ0) is 11.9. The predicted octanol–water partition coefficient (Wildman–Crippen LogP) is 1.83. The van der Waals surface area contributed by atoms with Crippen LogP contribution >= 0.6 is 0 Å². The SMILES string of the molecule is C[Si]1(C)c2ccncc2CNc2ccccc21. The molecule has 0 saturated carbocycles. The fourth-order valence-electron chi connectivity index (χ4n) is 2.70. The van der Waals surface area contributed by atoms with E-state index in [1.165, 1.54) is 21.6 Å². The molecule has 0 atom stereocenters. The number of para-hydroxylation sites is 1. The first-order valence-corrected chi connectivity index (χ1v) is 8.96. The van der Waals surface area contributed by atoms with Gasteiger partial charge in [0.2, 0.25) is 0 Å². The third-order valence-corrected chi connectivity index (χ3v) is 7.26. The van der Waals surface area contributed by atoms with Gasteiger partial charge in [-0.05, 0) is 28.1 Å². The molecule has 0 amide bonds. The second kappa shape index (κ2) is 3.70. The van der Waals surface area contributed by atoms with Gasteiger partial charge in [0.05, 0.1) is 0 Å². The maximum atomic E-state index is 4.25. The van der Waals surface area contributed by atoms with Crippen molar-refractivity contribution in [1.82, 2.24) is 4.98 Å². The highest BCUT2D eigenvalue weighted by atomic mass is 28.3. The first kappa shape index (κ1) is 10.5. The van der Waals surface area contributed by atoms with E-state index in [1.807, 2.05) is 12.4 Å². The molecule has 2 aromatic rings. The van der Waals surface area contributed by atoms with Crippen molar-refractivity contribution < 1.29 is 0 Å². The molecule has 17 heavy (non-hydrogen) atoms. The van der Waals surface area contributed by atoms with E-state index in [9.17, 15) is 0 Å². The number of anilines is 1. The third-order valence-electron chi connectivity index (χ3n) is 3.65. The molecule has 1 N–H and O–H groups in total. The summed E-state index contributed by atoms with van der Waals surface area (Å²) in [7, 11) is -1.58. The molecule has 0 unspecified atom stereocenters. The van der Waals surface area contributed by atoms with Gasteiger partial charge in [-0.3, -0.25) is 4.98 Å². The lowest BCUT2D eigenvalue weighted by Crippen LogP contribution is -2.53. The van der Waals surface area contributed by atoms with Crippen LogP contribution in [0.5, 0.6) is 0 Å². The Morgan fingerprint density at radius 1 is 1.12 bits per heavy atom. The van der Waals surface area contributed by atoms with Crippen molar-refractivity contribution in [3.05, 3.63) is 48.3 Å². The van der Waals surface area contributed by atoms with E-state index < -0.39 is 8.07 Å². The average Bonchev–Trinajstić information content (AvgIpc) is 2.47. The van der Waals surface area contributed by atoms with Gasteiger partial charge in [0.1, 0.15) is 8.07 Å². The van der Waals surface area contributed by atoms with Crippen molar-refractivity contribution in [3.63, 3.8) is 0 Å². The highest BCUT2D eigenvalue weighted by Gasteiger charge is 2.32. The van der Waals surface area contributed by atoms with Gasteiger partial charge in [0, 0.05) is 24.6 Å². The largest absolute Gasteiger partial charge is 0.381 e. The highest BCUT2D eigenvalue weighted by molar-refractivity contribution is 7.01. The summed E-state index contributed by atoms with van der Waals surface area (Å²) in [5.74, 6) is 0. The monoisotopic (exact) mass is 240 g/mol. The Morgan fingerprint density at radius 3 is 2.82 bits per heavy atom. The van der Waals surface area contributed by atoms with E-state index in [4.69, 9.17) is 0 Å². The lowest BCUT2D eigenvalue weighted by atomic mass is 10.2. The van der Waals surface area contributed by atoms with Crippen LogP contribution in [0.15, 0.2) is 42.7 Å². The van der Waals surface area contributed by atoms with Crippen molar-refractivity contribution in [1.29, 1.82) is 0 Å². The Balaban J connectivity index is 2.27. The molecule has 0 saturated heterocycles. The molecular formula is C14H16N2Si. The van der Waals surface area contributed by atoms with E-state index >= 15 is 0 Å². The normalized spacial score (nSPS) is 16.4. The van der Waals surface area contributed by atoms with Gasteiger partial charge in [-0.1, -0.05) is 31.3 Å². The summed E-state index contributed by atoms with van der Waals surface area (Å²) < 4.78 is 0. The number of fused-ring (bicyclic) bond motifs is 2. The van der Waals surface area contributed by atoms with E-state index in [0.717, 1.165) is 6.54 Å². The zero-order valence-corrected chi connectivity index (χ0v) is 11.2. The van der Waals surface area contributed by atoms with E-state index in [1.54, 1.807) is 0 Å². The van der Waals surface area contributed by atoms with Crippen LogP contribution in [0.25, 0.3) is 0 Å². The molecule has 3 heteroatoms. The number of rotatable bonds is 0. The van der Waals surface area contributed by atoms with Crippen LogP contribution in [0.3, 0.4) is 0 Å². The van der Waals surface area contributed by atoms with Gasteiger partial charge >= 0.3 is 0 Å². The first-order valence-electron chi connectivity index (χ1n) is 5.96. The molecule has 0 radical (unpaired) electrons. The number of nitrogens with zero attached hydrogens (tertiary/aromatic N) is 1. The summed E-state index contributed by atoms with van der Waals surface area (Å²) in [5, 5.41) is 6.53.